The molecule has 0 spiro atoms. The topological polar surface area (TPSA) is 55.2 Å². The highest BCUT2D eigenvalue weighted by Gasteiger charge is 2.31. The van der Waals surface area contributed by atoms with Crippen molar-refractivity contribution in [1.82, 2.24) is 14.1 Å². The second-order valence-electron chi connectivity index (χ2n) is 5.73. The first-order valence-electron chi connectivity index (χ1n) is 7.55. The molecule has 21 heavy (non-hydrogen) atoms. The first-order chi connectivity index (χ1) is 9.98. The summed E-state index contributed by atoms with van der Waals surface area (Å²) in [6.07, 6.45) is 8.30. The average molecular weight is 334 g/mol. The van der Waals surface area contributed by atoms with E-state index >= 15 is 0 Å². The van der Waals surface area contributed by atoms with Gasteiger partial charge in [0, 0.05) is 25.2 Å². The van der Waals surface area contributed by atoms with Gasteiger partial charge in [0.15, 0.2) is 0 Å². The van der Waals surface area contributed by atoms with Gasteiger partial charge < -0.3 is 0 Å². The van der Waals surface area contributed by atoms with Crippen molar-refractivity contribution < 1.29 is 8.42 Å². The van der Waals surface area contributed by atoms with E-state index in [9.17, 15) is 8.42 Å². The molecule has 5 nitrogen and oxygen atoms in total. The van der Waals surface area contributed by atoms with Crippen LogP contribution in [0.4, 0.5) is 0 Å². The maximum Gasteiger partial charge on any atom is 0.246 e. The largest absolute Gasteiger partial charge is 0.270 e. The molecular weight excluding hydrogens is 310 g/mol. The molecule has 1 aliphatic carbocycles. The van der Waals surface area contributed by atoms with Gasteiger partial charge in [0.05, 0.1) is 12.7 Å². The molecule has 1 aromatic rings. The minimum Gasteiger partial charge on any atom is -0.270 e. The molecule has 1 saturated carbocycles. The molecule has 0 radical (unpaired) electrons. The quantitative estimate of drug-likeness (QED) is 0.752. The number of halogens is 1. The minimum absolute atomic E-state index is 0.106. The molecule has 0 bridgehead atoms. The third-order valence-electron chi connectivity index (χ3n) is 4.51. The van der Waals surface area contributed by atoms with Gasteiger partial charge in [-0.2, -0.15) is 9.40 Å². The summed E-state index contributed by atoms with van der Waals surface area (Å²) in [7, 11) is -1.77. The Morgan fingerprint density at radius 2 is 2.05 bits per heavy atom. The first kappa shape index (κ1) is 16.8. The van der Waals surface area contributed by atoms with Gasteiger partial charge in [0.2, 0.25) is 10.0 Å². The average Bonchev–Trinajstić information content (AvgIpc) is 2.96. The molecule has 0 aliphatic heterocycles. The lowest BCUT2D eigenvalue weighted by Crippen LogP contribution is -2.39. The lowest BCUT2D eigenvalue weighted by atomic mass is 9.85. The van der Waals surface area contributed by atoms with Crippen molar-refractivity contribution in [2.45, 2.75) is 56.5 Å². The van der Waals surface area contributed by atoms with Gasteiger partial charge in [-0.1, -0.05) is 13.3 Å². The monoisotopic (exact) mass is 333 g/mol. The Morgan fingerprint density at radius 1 is 1.38 bits per heavy atom. The minimum atomic E-state index is -3.45. The van der Waals surface area contributed by atoms with Crippen LogP contribution in [0.2, 0.25) is 0 Å². The SMILES string of the molecule is CCC1CCC(N(C)S(=O)(=O)c2cnn(CCCl)c2)CC1. The molecule has 0 N–H and O–H groups in total. The maximum absolute atomic E-state index is 12.6. The molecule has 0 aromatic carbocycles. The first-order valence-corrected chi connectivity index (χ1v) is 9.53. The number of aryl methyl sites for hydroxylation is 1. The molecule has 1 aromatic heterocycles. The van der Waals surface area contributed by atoms with E-state index in [1.165, 1.54) is 16.9 Å². The van der Waals surface area contributed by atoms with Crippen LogP contribution in [-0.2, 0) is 16.6 Å². The molecule has 0 atom stereocenters. The second kappa shape index (κ2) is 7.11. The van der Waals surface area contributed by atoms with E-state index < -0.39 is 10.0 Å². The Hall–Kier alpha value is -0.590. The predicted molar refractivity (Wildman–Crippen MR) is 83.9 cm³/mol. The Bertz CT molecular complexity index is 550. The van der Waals surface area contributed by atoms with Crippen LogP contribution in [0, 0.1) is 5.92 Å². The molecule has 0 unspecified atom stereocenters. The van der Waals surface area contributed by atoms with Gasteiger partial charge >= 0.3 is 0 Å². The number of alkyl halides is 1. The van der Waals surface area contributed by atoms with E-state index in [1.54, 1.807) is 17.9 Å². The highest BCUT2D eigenvalue weighted by atomic mass is 35.5. The Kier molecular flexibility index (Phi) is 5.68. The maximum atomic E-state index is 12.6. The van der Waals surface area contributed by atoms with Gasteiger partial charge in [-0.15, -0.1) is 11.6 Å². The van der Waals surface area contributed by atoms with Crippen molar-refractivity contribution in [1.29, 1.82) is 0 Å². The number of rotatable bonds is 6. The van der Waals surface area contributed by atoms with Crippen molar-refractivity contribution in [3.63, 3.8) is 0 Å². The van der Waals surface area contributed by atoms with Crippen LogP contribution in [0.5, 0.6) is 0 Å². The van der Waals surface area contributed by atoms with E-state index in [-0.39, 0.29) is 10.9 Å². The van der Waals surface area contributed by atoms with E-state index in [2.05, 4.69) is 12.0 Å². The zero-order valence-electron chi connectivity index (χ0n) is 12.7. The number of nitrogens with zero attached hydrogens (tertiary/aromatic N) is 3. The van der Waals surface area contributed by atoms with Crippen LogP contribution in [0.15, 0.2) is 17.3 Å². The molecule has 1 aliphatic rings. The summed E-state index contributed by atoms with van der Waals surface area (Å²) in [5.74, 6) is 1.17. The van der Waals surface area contributed by atoms with Crippen LogP contribution >= 0.6 is 11.6 Å². The smallest absolute Gasteiger partial charge is 0.246 e. The highest BCUT2D eigenvalue weighted by molar-refractivity contribution is 7.89. The van der Waals surface area contributed by atoms with E-state index in [0.717, 1.165) is 31.6 Å². The zero-order valence-corrected chi connectivity index (χ0v) is 14.3. The van der Waals surface area contributed by atoms with Crippen molar-refractivity contribution in [3.8, 4) is 0 Å². The predicted octanol–water partition coefficient (Wildman–Crippen LogP) is 2.71. The van der Waals surface area contributed by atoms with Crippen LogP contribution in [0.3, 0.4) is 0 Å². The van der Waals surface area contributed by atoms with E-state index in [1.807, 2.05) is 0 Å². The molecule has 1 fully saturated rings. The lowest BCUT2D eigenvalue weighted by Gasteiger charge is -2.33. The number of hydrogen-bond acceptors (Lipinski definition) is 3. The fourth-order valence-corrected chi connectivity index (χ4v) is 4.51. The second-order valence-corrected chi connectivity index (χ2v) is 8.11. The molecule has 7 heteroatoms. The van der Waals surface area contributed by atoms with Crippen LogP contribution in [0.1, 0.15) is 39.0 Å². The fourth-order valence-electron chi connectivity index (χ4n) is 2.97. The van der Waals surface area contributed by atoms with Crippen LogP contribution < -0.4 is 0 Å². The van der Waals surface area contributed by atoms with Crippen molar-refractivity contribution in [2.75, 3.05) is 12.9 Å². The summed E-state index contributed by atoms with van der Waals surface area (Å²) < 4.78 is 28.4. The normalized spacial score (nSPS) is 23.6. The third-order valence-corrected chi connectivity index (χ3v) is 6.54. The van der Waals surface area contributed by atoms with Gasteiger partial charge in [0.1, 0.15) is 4.90 Å². The molecule has 0 saturated heterocycles. The summed E-state index contributed by atoms with van der Waals surface area (Å²) in [5.41, 5.74) is 0. The number of aromatic nitrogens is 2. The molecular formula is C14H24ClN3O2S. The van der Waals surface area contributed by atoms with Gasteiger partial charge in [-0.05, 0) is 31.6 Å². The molecule has 0 amide bonds. The third kappa shape index (κ3) is 3.79. The summed E-state index contributed by atoms with van der Waals surface area (Å²) in [6.45, 7) is 2.72. The lowest BCUT2D eigenvalue weighted by molar-refractivity contribution is 0.233. The van der Waals surface area contributed by atoms with Gasteiger partial charge in [0.25, 0.3) is 0 Å². The molecule has 120 valence electrons. The van der Waals surface area contributed by atoms with Gasteiger partial charge in [-0.3, -0.25) is 4.68 Å². The molecule has 2 rings (SSSR count). The summed E-state index contributed by atoms with van der Waals surface area (Å²) >= 11 is 5.65. The van der Waals surface area contributed by atoms with Gasteiger partial charge in [-0.25, -0.2) is 8.42 Å². The van der Waals surface area contributed by atoms with E-state index in [0.29, 0.717) is 12.4 Å². The summed E-state index contributed by atoms with van der Waals surface area (Å²) in [5, 5.41) is 4.05. The molecule has 1 heterocycles. The highest BCUT2D eigenvalue weighted by Crippen LogP contribution is 2.31. The Balaban J connectivity index is 2.07. The number of hydrogen-bond donors (Lipinski definition) is 0. The van der Waals surface area contributed by atoms with Crippen molar-refractivity contribution >= 4 is 21.6 Å². The van der Waals surface area contributed by atoms with E-state index in [4.69, 9.17) is 11.6 Å². The number of sulfonamides is 1. The van der Waals surface area contributed by atoms with Crippen molar-refractivity contribution in [2.24, 2.45) is 5.92 Å². The van der Waals surface area contributed by atoms with Crippen molar-refractivity contribution in [3.05, 3.63) is 12.4 Å². The Labute approximate surface area is 132 Å². The van der Waals surface area contributed by atoms with Crippen LogP contribution in [-0.4, -0.2) is 41.5 Å². The van der Waals surface area contributed by atoms with Crippen LogP contribution in [0.25, 0.3) is 0 Å². The zero-order chi connectivity index (χ0) is 15.5. The Morgan fingerprint density at radius 3 is 2.62 bits per heavy atom. The fraction of sp³-hybridized carbons (Fsp3) is 0.786. The summed E-state index contributed by atoms with van der Waals surface area (Å²) in [4.78, 5) is 0.257. The standard InChI is InChI=1S/C14H24ClN3O2S/c1-3-12-4-6-13(7-5-12)17(2)21(19,20)14-10-16-18(11-14)9-8-15/h10-13H,3-9H2,1-2H3. The summed E-state index contributed by atoms with van der Waals surface area (Å²) in [6, 6.07) is 0.106.